The fourth-order valence-corrected chi connectivity index (χ4v) is 3.04. The summed E-state index contributed by atoms with van der Waals surface area (Å²) in [4.78, 5) is 7.38. The molecule has 1 atom stereocenters. The number of morpholine rings is 1. The zero-order chi connectivity index (χ0) is 18.3. The SMILES string of the molecule is CCNC(=NCC(c1cccc(C)c1)N1CCOCC1)NC(C)(C)C.I. The smallest absolute Gasteiger partial charge is 0.191 e. The zero-order valence-corrected chi connectivity index (χ0v) is 19.2. The number of guanidine groups is 1. The monoisotopic (exact) mass is 474 g/mol. The van der Waals surface area contributed by atoms with E-state index in [4.69, 9.17) is 9.73 Å². The van der Waals surface area contributed by atoms with E-state index in [2.05, 4.69) is 74.4 Å². The van der Waals surface area contributed by atoms with E-state index in [0.29, 0.717) is 0 Å². The van der Waals surface area contributed by atoms with Crippen LogP contribution in [0.25, 0.3) is 0 Å². The van der Waals surface area contributed by atoms with Crippen molar-refractivity contribution in [2.75, 3.05) is 39.4 Å². The van der Waals surface area contributed by atoms with Crippen LogP contribution in [0, 0.1) is 6.92 Å². The van der Waals surface area contributed by atoms with Crippen molar-refractivity contribution in [3.8, 4) is 0 Å². The topological polar surface area (TPSA) is 48.9 Å². The number of ether oxygens (including phenoxy) is 1. The Morgan fingerprint density at radius 2 is 1.96 bits per heavy atom. The van der Waals surface area contributed by atoms with Gasteiger partial charge in [0, 0.05) is 25.2 Å². The summed E-state index contributed by atoms with van der Waals surface area (Å²) >= 11 is 0. The van der Waals surface area contributed by atoms with Crippen LogP contribution < -0.4 is 10.6 Å². The maximum absolute atomic E-state index is 5.54. The lowest BCUT2D eigenvalue weighted by molar-refractivity contribution is 0.0179. The van der Waals surface area contributed by atoms with E-state index in [-0.39, 0.29) is 35.6 Å². The lowest BCUT2D eigenvalue weighted by Gasteiger charge is -2.34. The van der Waals surface area contributed by atoms with Crippen LogP contribution in [0.15, 0.2) is 29.3 Å². The van der Waals surface area contributed by atoms with Gasteiger partial charge in [0.2, 0.25) is 0 Å². The first-order valence-corrected chi connectivity index (χ1v) is 9.34. The molecular formula is C20H35IN4O. The molecule has 1 unspecified atom stereocenters. The summed E-state index contributed by atoms with van der Waals surface area (Å²) < 4.78 is 5.54. The standard InChI is InChI=1S/C20H34N4O.HI/c1-6-21-19(23-20(3,4)5)22-15-18(24-10-12-25-13-11-24)17-9-7-8-16(2)14-17;/h7-9,14,18H,6,10-13,15H2,1-5H3,(H2,21,22,23);1H. The molecule has 6 heteroatoms. The second kappa shape index (κ2) is 11.1. The molecule has 0 aromatic heterocycles. The number of hydrogen-bond donors (Lipinski definition) is 2. The molecule has 148 valence electrons. The third kappa shape index (κ3) is 7.80. The highest BCUT2D eigenvalue weighted by Crippen LogP contribution is 2.23. The Morgan fingerprint density at radius 3 is 2.54 bits per heavy atom. The summed E-state index contributed by atoms with van der Waals surface area (Å²) in [6.07, 6.45) is 0. The minimum atomic E-state index is -0.0151. The van der Waals surface area contributed by atoms with Gasteiger partial charge in [-0.05, 0) is 40.2 Å². The van der Waals surface area contributed by atoms with Gasteiger partial charge in [-0.1, -0.05) is 29.8 Å². The highest BCUT2D eigenvalue weighted by atomic mass is 127. The van der Waals surface area contributed by atoms with Crippen molar-refractivity contribution in [3.63, 3.8) is 0 Å². The van der Waals surface area contributed by atoms with Crippen LogP contribution >= 0.6 is 24.0 Å². The van der Waals surface area contributed by atoms with E-state index < -0.39 is 0 Å². The van der Waals surface area contributed by atoms with Gasteiger partial charge in [-0.3, -0.25) is 9.89 Å². The van der Waals surface area contributed by atoms with Crippen molar-refractivity contribution in [2.24, 2.45) is 4.99 Å². The van der Waals surface area contributed by atoms with E-state index in [1.54, 1.807) is 0 Å². The summed E-state index contributed by atoms with van der Waals surface area (Å²) in [5, 5.41) is 6.83. The number of nitrogens with one attached hydrogen (secondary N) is 2. The average Bonchev–Trinajstić information content (AvgIpc) is 2.55. The third-order valence-corrected chi connectivity index (χ3v) is 4.17. The lowest BCUT2D eigenvalue weighted by Crippen LogP contribution is -2.48. The Morgan fingerprint density at radius 1 is 1.27 bits per heavy atom. The number of rotatable bonds is 5. The van der Waals surface area contributed by atoms with Crippen molar-refractivity contribution in [1.29, 1.82) is 0 Å². The maximum atomic E-state index is 5.54. The van der Waals surface area contributed by atoms with Gasteiger partial charge in [0.25, 0.3) is 0 Å². The molecule has 5 nitrogen and oxygen atoms in total. The first-order chi connectivity index (χ1) is 11.9. The summed E-state index contributed by atoms with van der Waals surface area (Å²) in [7, 11) is 0. The number of halogens is 1. The largest absolute Gasteiger partial charge is 0.379 e. The fraction of sp³-hybridized carbons (Fsp3) is 0.650. The van der Waals surface area contributed by atoms with Crippen LogP contribution in [-0.2, 0) is 4.74 Å². The number of nitrogens with zero attached hydrogens (tertiary/aromatic N) is 2. The van der Waals surface area contributed by atoms with Gasteiger partial charge < -0.3 is 15.4 Å². The van der Waals surface area contributed by atoms with Gasteiger partial charge in [0.05, 0.1) is 25.8 Å². The van der Waals surface area contributed by atoms with Gasteiger partial charge in [-0.25, -0.2) is 0 Å². The van der Waals surface area contributed by atoms with Gasteiger partial charge in [0.15, 0.2) is 5.96 Å². The van der Waals surface area contributed by atoms with Crippen molar-refractivity contribution >= 4 is 29.9 Å². The number of aliphatic imine (C=N–C) groups is 1. The van der Waals surface area contributed by atoms with E-state index in [1.165, 1.54) is 11.1 Å². The number of hydrogen-bond acceptors (Lipinski definition) is 3. The fourth-order valence-electron chi connectivity index (χ4n) is 3.04. The molecule has 0 amide bonds. The molecular weight excluding hydrogens is 439 g/mol. The van der Waals surface area contributed by atoms with Crippen LogP contribution in [0.1, 0.15) is 44.9 Å². The number of aryl methyl sites for hydroxylation is 1. The van der Waals surface area contributed by atoms with E-state index >= 15 is 0 Å². The van der Waals surface area contributed by atoms with Crippen LogP contribution in [0.4, 0.5) is 0 Å². The molecule has 1 aromatic carbocycles. The minimum Gasteiger partial charge on any atom is -0.379 e. The van der Waals surface area contributed by atoms with E-state index in [1.807, 2.05) is 0 Å². The van der Waals surface area contributed by atoms with Gasteiger partial charge in [-0.15, -0.1) is 24.0 Å². The summed E-state index contributed by atoms with van der Waals surface area (Å²) in [6, 6.07) is 9.06. The zero-order valence-electron chi connectivity index (χ0n) is 16.8. The molecule has 0 saturated carbocycles. The maximum Gasteiger partial charge on any atom is 0.191 e. The van der Waals surface area contributed by atoms with Gasteiger partial charge in [-0.2, -0.15) is 0 Å². The van der Waals surface area contributed by atoms with Crippen LogP contribution in [0.5, 0.6) is 0 Å². The molecule has 1 aliphatic rings. The quantitative estimate of drug-likeness (QED) is 0.391. The van der Waals surface area contributed by atoms with Crippen molar-refractivity contribution in [2.45, 2.75) is 46.2 Å². The van der Waals surface area contributed by atoms with Crippen molar-refractivity contribution in [3.05, 3.63) is 35.4 Å². The molecule has 0 aliphatic carbocycles. The van der Waals surface area contributed by atoms with Crippen LogP contribution in [0.3, 0.4) is 0 Å². The van der Waals surface area contributed by atoms with Crippen LogP contribution in [-0.4, -0.2) is 55.8 Å². The second-order valence-electron chi connectivity index (χ2n) is 7.67. The Labute approximate surface area is 176 Å². The van der Waals surface area contributed by atoms with Gasteiger partial charge >= 0.3 is 0 Å². The van der Waals surface area contributed by atoms with Crippen molar-refractivity contribution in [1.82, 2.24) is 15.5 Å². The predicted molar refractivity (Wildman–Crippen MR) is 121 cm³/mol. The molecule has 1 heterocycles. The molecule has 2 rings (SSSR count). The molecule has 26 heavy (non-hydrogen) atoms. The lowest BCUT2D eigenvalue weighted by atomic mass is 10.0. The Bertz CT molecular complexity index is 565. The Balaban J connectivity index is 0.00000338. The third-order valence-electron chi connectivity index (χ3n) is 4.17. The summed E-state index contributed by atoms with van der Waals surface area (Å²) in [6.45, 7) is 15.8. The molecule has 0 radical (unpaired) electrons. The van der Waals surface area contributed by atoms with E-state index in [9.17, 15) is 0 Å². The average molecular weight is 474 g/mol. The summed E-state index contributed by atoms with van der Waals surface area (Å²) in [5.74, 6) is 0.876. The predicted octanol–water partition coefficient (Wildman–Crippen LogP) is 3.34. The van der Waals surface area contributed by atoms with Gasteiger partial charge in [0.1, 0.15) is 0 Å². The minimum absolute atomic E-state index is 0. The molecule has 0 spiro atoms. The first kappa shape index (κ1) is 23.2. The molecule has 1 saturated heterocycles. The second-order valence-corrected chi connectivity index (χ2v) is 7.67. The van der Waals surface area contributed by atoms with Crippen LogP contribution in [0.2, 0.25) is 0 Å². The molecule has 1 aromatic rings. The molecule has 0 bridgehead atoms. The molecule has 1 aliphatic heterocycles. The molecule has 1 fully saturated rings. The Kier molecular flexibility index (Phi) is 9.89. The normalized spacial score (nSPS) is 17.3. The Hall–Kier alpha value is -0.860. The number of benzene rings is 1. The van der Waals surface area contributed by atoms with E-state index in [0.717, 1.165) is 45.4 Å². The first-order valence-electron chi connectivity index (χ1n) is 9.34. The highest BCUT2D eigenvalue weighted by molar-refractivity contribution is 14.0. The van der Waals surface area contributed by atoms with Crippen molar-refractivity contribution < 1.29 is 4.74 Å². The highest BCUT2D eigenvalue weighted by Gasteiger charge is 2.23. The molecule has 2 N–H and O–H groups in total. The summed E-state index contributed by atoms with van der Waals surface area (Å²) in [5.41, 5.74) is 2.61.